The first-order valence-corrected chi connectivity index (χ1v) is 15.7. The molecule has 0 aliphatic carbocycles. The monoisotopic (exact) mass is 637 g/mol. The second kappa shape index (κ2) is 13.0. The van der Waals surface area contributed by atoms with Crippen molar-refractivity contribution in [2.24, 2.45) is 0 Å². The van der Waals surface area contributed by atoms with E-state index in [0.29, 0.717) is 41.1 Å². The van der Waals surface area contributed by atoms with Gasteiger partial charge in [-0.3, -0.25) is 9.36 Å². The van der Waals surface area contributed by atoms with Gasteiger partial charge in [-0.2, -0.15) is 17.9 Å². The fourth-order valence-corrected chi connectivity index (χ4v) is 6.19. The summed E-state index contributed by atoms with van der Waals surface area (Å²) in [6, 6.07) is 21.2. The Hall–Kier alpha value is -4.91. The number of carbonyl (C=O) groups is 1. The lowest BCUT2D eigenvalue weighted by Gasteiger charge is -2.12. The molecule has 13 heteroatoms. The van der Waals surface area contributed by atoms with E-state index >= 15 is 0 Å². The number of alkyl halides is 3. The average Bonchev–Trinajstić information content (AvgIpc) is 3.63. The Balaban J connectivity index is 1.43. The first-order chi connectivity index (χ1) is 21.5. The zero-order valence-electron chi connectivity index (χ0n) is 24.2. The second-order valence-electron chi connectivity index (χ2n) is 10.4. The molecule has 5 aromatic rings. The van der Waals surface area contributed by atoms with Crippen molar-refractivity contribution in [2.45, 2.75) is 50.2 Å². The normalized spacial score (nSPS) is 11.9. The molecule has 1 amide bonds. The average molecular weight is 638 g/mol. The van der Waals surface area contributed by atoms with E-state index in [1.54, 1.807) is 60.8 Å². The first kappa shape index (κ1) is 31.5. The number of carbonyl (C=O) groups excluding carboxylic acids is 1. The zero-order valence-corrected chi connectivity index (χ0v) is 25.0. The molecule has 3 aromatic carbocycles. The minimum atomic E-state index is -4.67. The van der Waals surface area contributed by atoms with Crippen molar-refractivity contribution in [2.75, 3.05) is 0 Å². The standard InChI is InChI=1S/C32H30F3N5O4S/c1-2-3-14-29-37-40(27-12-6-5-11-26(27)32(33,34)35)31(42)39(29)21-22-15-17-23(18-16-22)25-10-4-7-13-28(25)45(43,44)38-30(41)20-24-9-8-19-36-24/h4-13,15-19,36H,2-3,14,20-21H2,1H3,(H,38,41). The van der Waals surface area contributed by atoms with Gasteiger partial charge in [-0.05, 0) is 47.9 Å². The van der Waals surface area contributed by atoms with Crippen LogP contribution in [0, 0.1) is 0 Å². The molecule has 0 spiro atoms. The Morgan fingerprint density at radius 3 is 2.36 bits per heavy atom. The number of unbranched alkanes of at least 4 members (excludes halogenated alkanes) is 1. The number of hydrogen-bond acceptors (Lipinski definition) is 5. The van der Waals surface area contributed by atoms with Gasteiger partial charge in [0.2, 0.25) is 5.91 Å². The fourth-order valence-electron chi connectivity index (χ4n) is 4.97. The summed E-state index contributed by atoms with van der Waals surface area (Å²) in [5.74, 6) is -0.334. The van der Waals surface area contributed by atoms with Gasteiger partial charge in [-0.25, -0.2) is 17.9 Å². The Labute approximate surface area is 257 Å². The Morgan fingerprint density at radius 2 is 1.67 bits per heavy atom. The number of nitrogens with one attached hydrogen (secondary N) is 2. The quantitative estimate of drug-likeness (QED) is 0.199. The molecule has 0 atom stereocenters. The Kier molecular flexibility index (Phi) is 9.09. The van der Waals surface area contributed by atoms with Crippen LogP contribution in [-0.2, 0) is 40.4 Å². The molecule has 45 heavy (non-hydrogen) atoms. The fraction of sp³-hybridized carbons (Fsp3) is 0.219. The van der Waals surface area contributed by atoms with Crippen molar-refractivity contribution >= 4 is 15.9 Å². The Morgan fingerprint density at radius 1 is 0.956 bits per heavy atom. The van der Waals surface area contributed by atoms with Crippen molar-refractivity contribution in [1.29, 1.82) is 0 Å². The van der Waals surface area contributed by atoms with Crippen LogP contribution in [-0.4, -0.2) is 33.7 Å². The van der Waals surface area contributed by atoms with Gasteiger partial charge in [0.05, 0.1) is 29.1 Å². The number of nitrogens with zero attached hydrogens (tertiary/aromatic N) is 3. The van der Waals surface area contributed by atoms with E-state index < -0.39 is 33.4 Å². The van der Waals surface area contributed by atoms with Gasteiger partial charge in [-0.1, -0.05) is 67.9 Å². The van der Waals surface area contributed by atoms with Crippen LogP contribution in [0.1, 0.15) is 42.4 Å². The number of amides is 1. The van der Waals surface area contributed by atoms with Crippen LogP contribution in [0.3, 0.4) is 0 Å². The van der Waals surface area contributed by atoms with Crippen LogP contribution < -0.4 is 10.4 Å². The van der Waals surface area contributed by atoms with Gasteiger partial charge in [0.1, 0.15) is 5.82 Å². The number of hydrogen-bond donors (Lipinski definition) is 2. The summed E-state index contributed by atoms with van der Waals surface area (Å²) in [5, 5.41) is 4.30. The molecule has 0 saturated carbocycles. The maximum absolute atomic E-state index is 13.7. The third kappa shape index (κ3) is 7.09. The lowest BCUT2D eigenvalue weighted by atomic mass is 10.0. The van der Waals surface area contributed by atoms with E-state index in [1.807, 2.05) is 6.92 Å². The van der Waals surface area contributed by atoms with Gasteiger partial charge < -0.3 is 4.98 Å². The summed E-state index contributed by atoms with van der Waals surface area (Å²) in [4.78, 5) is 28.7. The van der Waals surface area contributed by atoms with Gasteiger partial charge >= 0.3 is 11.9 Å². The van der Waals surface area contributed by atoms with E-state index in [2.05, 4.69) is 14.8 Å². The highest BCUT2D eigenvalue weighted by Crippen LogP contribution is 2.33. The van der Waals surface area contributed by atoms with E-state index in [4.69, 9.17) is 0 Å². The van der Waals surface area contributed by atoms with Crippen molar-refractivity contribution in [3.63, 3.8) is 0 Å². The van der Waals surface area contributed by atoms with E-state index in [0.717, 1.165) is 17.2 Å². The molecule has 234 valence electrons. The largest absolute Gasteiger partial charge is 0.418 e. The second-order valence-corrected chi connectivity index (χ2v) is 12.1. The van der Waals surface area contributed by atoms with Gasteiger partial charge in [0.25, 0.3) is 10.0 Å². The van der Waals surface area contributed by atoms with E-state index in [-0.39, 0.29) is 23.5 Å². The molecular formula is C32H30F3N5O4S. The number of benzene rings is 3. The molecule has 0 aliphatic rings. The van der Waals surface area contributed by atoms with Crippen LogP contribution in [0.4, 0.5) is 13.2 Å². The molecule has 0 bridgehead atoms. The van der Waals surface area contributed by atoms with Crippen molar-refractivity contribution in [3.8, 4) is 16.8 Å². The van der Waals surface area contributed by atoms with Crippen molar-refractivity contribution in [1.82, 2.24) is 24.1 Å². The third-order valence-corrected chi connectivity index (χ3v) is 8.61. The number of H-pyrrole nitrogens is 1. The number of halogens is 3. The predicted molar refractivity (Wildman–Crippen MR) is 162 cm³/mol. The van der Waals surface area contributed by atoms with E-state index in [1.165, 1.54) is 28.8 Å². The summed E-state index contributed by atoms with van der Waals surface area (Å²) < 4.78 is 71.8. The van der Waals surface area contributed by atoms with Crippen molar-refractivity contribution in [3.05, 3.63) is 124 Å². The molecule has 2 aromatic heterocycles. The minimum absolute atomic E-state index is 0.0428. The topological polar surface area (TPSA) is 119 Å². The highest BCUT2D eigenvalue weighted by Gasteiger charge is 2.35. The lowest BCUT2D eigenvalue weighted by Crippen LogP contribution is -2.32. The molecule has 2 heterocycles. The number of rotatable bonds is 11. The SMILES string of the molecule is CCCCc1nn(-c2ccccc2C(F)(F)F)c(=O)n1Cc1ccc(-c2ccccc2S(=O)(=O)NC(=O)Cc2ccc[nH]2)cc1. The smallest absolute Gasteiger partial charge is 0.365 e. The number of aromatic amines is 1. The van der Waals surface area contributed by atoms with Crippen molar-refractivity contribution < 1.29 is 26.4 Å². The van der Waals surface area contributed by atoms with Gasteiger partial charge in [0.15, 0.2) is 0 Å². The molecule has 2 N–H and O–H groups in total. The number of sulfonamides is 1. The number of aryl methyl sites for hydroxylation is 1. The number of para-hydroxylation sites is 1. The first-order valence-electron chi connectivity index (χ1n) is 14.2. The highest BCUT2D eigenvalue weighted by atomic mass is 32.2. The van der Waals surface area contributed by atoms with Gasteiger partial charge in [0, 0.05) is 23.9 Å². The van der Waals surface area contributed by atoms with E-state index in [9.17, 15) is 31.2 Å². The molecule has 0 unspecified atom stereocenters. The third-order valence-electron chi connectivity index (χ3n) is 7.17. The molecule has 0 radical (unpaired) electrons. The summed E-state index contributed by atoms with van der Waals surface area (Å²) >= 11 is 0. The summed E-state index contributed by atoms with van der Waals surface area (Å²) in [5.41, 5.74) is 0.122. The predicted octanol–water partition coefficient (Wildman–Crippen LogP) is 5.49. The maximum Gasteiger partial charge on any atom is 0.418 e. The van der Waals surface area contributed by atoms with Crippen LogP contribution in [0.25, 0.3) is 16.8 Å². The van der Waals surface area contributed by atoms with Crippen LogP contribution in [0.5, 0.6) is 0 Å². The summed E-state index contributed by atoms with van der Waals surface area (Å²) in [6.45, 7) is 2.00. The molecule has 9 nitrogen and oxygen atoms in total. The highest BCUT2D eigenvalue weighted by molar-refractivity contribution is 7.90. The summed E-state index contributed by atoms with van der Waals surface area (Å²) in [6.07, 6.45) is -1.30. The zero-order chi connectivity index (χ0) is 32.2. The molecular weight excluding hydrogens is 607 g/mol. The maximum atomic E-state index is 13.7. The van der Waals surface area contributed by atoms with Crippen LogP contribution in [0.15, 0.2) is 101 Å². The molecule has 5 rings (SSSR count). The number of aromatic nitrogens is 4. The molecule has 0 fully saturated rings. The minimum Gasteiger partial charge on any atom is -0.365 e. The molecule has 0 saturated heterocycles. The van der Waals surface area contributed by atoms with Crippen LogP contribution >= 0.6 is 0 Å². The summed E-state index contributed by atoms with van der Waals surface area (Å²) in [7, 11) is -4.21. The van der Waals surface area contributed by atoms with Gasteiger partial charge in [-0.15, -0.1) is 5.10 Å². The lowest BCUT2D eigenvalue weighted by molar-refractivity contribution is -0.137. The molecule has 0 aliphatic heterocycles. The Bertz CT molecular complexity index is 1960. The van der Waals surface area contributed by atoms with Crippen LogP contribution in [0.2, 0.25) is 0 Å².